The maximum Gasteiger partial charge on any atom is 0.319 e. The molecular formula is C21H18ClN3O3S. The summed E-state index contributed by atoms with van der Waals surface area (Å²) in [4.78, 5) is 25.0. The molecule has 2 aromatic carbocycles. The molecule has 1 fully saturated rings. The SMILES string of the molecule is O=C(Nc1cnn(Cc2ccc(Cl)cc2)c1)c1ccc(S[C@@H]2CCOC2=O)cc1. The molecule has 8 heteroatoms. The lowest BCUT2D eigenvalue weighted by Crippen LogP contribution is -2.11. The Kier molecular flexibility index (Phi) is 5.87. The molecule has 148 valence electrons. The standard InChI is InChI=1S/C21H18ClN3O3S/c22-16-5-1-14(2-6-16)12-25-13-17(11-23-25)24-20(26)15-3-7-18(8-4-15)29-19-9-10-28-21(19)27/h1-8,11,13,19H,9-10,12H2,(H,24,26)/t19-/m1/s1. The number of carbonyl (C=O) groups is 2. The fourth-order valence-electron chi connectivity index (χ4n) is 2.93. The van der Waals surface area contributed by atoms with Gasteiger partial charge in [-0.15, -0.1) is 11.8 Å². The molecule has 3 aromatic rings. The molecular weight excluding hydrogens is 410 g/mol. The highest BCUT2D eigenvalue weighted by Crippen LogP contribution is 2.29. The van der Waals surface area contributed by atoms with E-state index in [0.717, 1.165) is 10.5 Å². The Morgan fingerprint density at radius 2 is 1.97 bits per heavy atom. The number of thioether (sulfide) groups is 1. The highest BCUT2D eigenvalue weighted by Gasteiger charge is 2.27. The second kappa shape index (κ2) is 8.71. The van der Waals surface area contributed by atoms with Crippen molar-refractivity contribution in [3.63, 3.8) is 0 Å². The Morgan fingerprint density at radius 1 is 1.21 bits per heavy atom. The molecule has 0 unspecified atom stereocenters. The number of ether oxygens (including phenoxy) is 1. The second-order valence-electron chi connectivity index (χ2n) is 6.59. The lowest BCUT2D eigenvalue weighted by atomic mass is 10.2. The average Bonchev–Trinajstić information content (AvgIpc) is 3.33. The van der Waals surface area contributed by atoms with Gasteiger partial charge in [-0.25, -0.2) is 0 Å². The molecule has 1 aliphatic heterocycles. The molecule has 1 amide bonds. The number of benzene rings is 2. The Balaban J connectivity index is 1.35. The molecule has 0 bridgehead atoms. The second-order valence-corrected chi connectivity index (χ2v) is 8.31. The van der Waals surface area contributed by atoms with Crippen molar-refractivity contribution in [3.8, 4) is 0 Å². The number of hydrogen-bond donors (Lipinski definition) is 1. The van der Waals surface area contributed by atoms with Crippen molar-refractivity contribution in [3.05, 3.63) is 77.1 Å². The van der Waals surface area contributed by atoms with Crippen LogP contribution in [-0.4, -0.2) is 33.5 Å². The van der Waals surface area contributed by atoms with E-state index in [9.17, 15) is 9.59 Å². The molecule has 6 nitrogen and oxygen atoms in total. The molecule has 2 heterocycles. The Bertz CT molecular complexity index is 1020. The lowest BCUT2D eigenvalue weighted by molar-refractivity contribution is -0.137. The predicted molar refractivity (Wildman–Crippen MR) is 112 cm³/mol. The third kappa shape index (κ3) is 4.99. The van der Waals surface area contributed by atoms with Crippen LogP contribution in [0, 0.1) is 0 Å². The molecule has 0 saturated carbocycles. The summed E-state index contributed by atoms with van der Waals surface area (Å²) in [6.07, 6.45) is 4.11. The molecule has 1 aromatic heterocycles. The molecule has 29 heavy (non-hydrogen) atoms. The van der Waals surface area contributed by atoms with Crippen LogP contribution in [0.25, 0.3) is 0 Å². The van der Waals surface area contributed by atoms with Gasteiger partial charge in [0.25, 0.3) is 5.91 Å². The average molecular weight is 428 g/mol. The normalized spacial score (nSPS) is 15.9. The van der Waals surface area contributed by atoms with E-state index in [2.05, 4.69) is 10.4 Å². The summed E-state index contributed by atoms with van der Waals surface area (Å²) in [6.45, 7) is 1.06. The van der Waals surface area contributed by atoms with Crippen molar-refractivity contribution in [1.82, 2.24) is 9.78 Å². The predicted octanol–water partition coefficient (Wildman–Crippen LogP) is 4.24. The first kappa shape index (κ1) is 19.5. The molecule has 4 rings (SSSR count). The lowest BCUT2D eigenvalue weighted by Gasteiger charge is -2.07. The van der Waals surface area contributed by atoms with E-state index < -0.39 is 0 Å². The van der Waals surface area contributed by atoms with Crippen LogP contribution in [0.3, 0.4) is 0 Å². The number of nitrogens with zero attached hydrogens (tertiary/aromatic N) is 2. The zero-order valence-electron chi connectivity index (χ0n) is 15.4. The summed E-state index contributed by atoms with van der Waals surface area (Å²) in [7, 11) is 0. The monoisotopic (exact) mass is 427 g/mol. The summed E-state index contributed by atoms with van der Waals surface area (Å²) in [5.41, 5.74) is 2.22. The third-order valence-electron chi connectivity index (χ3n) is 4.43. The first-order chi connectivity index (χ1) is 14.1. The smallest absolute Gasteiger partial charge is 0.319 e. The van der Waals surface area contributed by atoms with Crippen LogP contribution in [0.5, 0.6) is 0 Å². The molecule has 1 atom stereocenters. The van der Waals surface area contributed by atoms with E-state index in [4.69, 9.17) is 16.3 Å². The van der Waals surface area contributed by atoms with Crippen LogP contribution >= 0.6 is 23.4 Å². The van der Waals surface area contributed by atoms with Gasteiger partial charge in [-0.05, 0) is 42.0 Å². The van der Waals surface area contributed by atoms with Gasteiger partial charge in [0.1, 0.15) is 5.25 Å². The van der Waals surface area contributed by atoms with E-state index in [1.807, 2.05) is 36.4 Å². The first-order valence-electron chi connectivity index (χ1n) is 9.08. The molecule has 0 spiro atoms. The van der Waals surface area contributed by atoms with Gasteiger partial charge >= 0.3 is 5.97 Å². The number of carbonyl (C=O) groups excluding carboxylic acids is 2. The topological polar surface area (TPSA) is 73.2 Å². The summed E-state index contributed by atoms with van der Waals surface area (Å²) < 4.78 is 6.72. The molecule has 0 radical (unpaired) electrons. The van der Waals surface area contributed by atoms with Gasteiger partial charge < -0.3 is 10.1 Å². The van der Waals surface area contributed by atoms with Gasteiger partial charge in [0.05, 0.1) is 25.0 Å². The maximum absolute atomic E-state index is 12.5. The van der Waals surface area contributed by atoms with Crippen molar-refractivity contribution < 1.29 is 14.3 Å². The van der Waals surface area contributed by atoms with Crippen molar-refractivity contribution in [1.29, 1.82) is 0 Å². The van der Waals surface area contributed by atoms with Crippen molar-refractivity contribution >= 4 is 40.9 Å². The van der Waals surface area contributed by atoms with Gasteiger partial charge in [-0.2, -0.15) is 5.10 Å². The fourth-order valence-corrected chi connectivity index (χ4v) is 4.05. The van der Waals surface area contributed by atoms with E-state index in [0.29, 0.717) is 35.8 Å². The number of hydrogen-bond acceptors (Lipinski definition) is 5. The van der Waals surface area contributed by atoms with Crippen LogP contribution in [0.2, 0.25) is 5.02 Å². The van der Waals surface area contributed by atoms with E-state index in [1.165, 1.54) is 11.8 Å². The number of nitrogens with one attached hydrogen (secondary N) is 1. The highest BCUT2D eigenvalue weighted by atomic mass is 35.5. The zero-order valence-corrected chi connectivity index (χ0v) is 16.9. The van der Waals surface area contributed by atoms with Crippen LogP contribution in [0.15, 0.2) is 65.8 Å². The number of rotatable bonds is 6. The fraction of sp³-hybridized carbons (Fsp3) is 0.190. The summed E-state index contributed by atoms with van der Waals surface area (Å²) >= 11 is 7.36. The Morgan fingerprint density at radius 3 is 2.66 bits per heavy atom. The van der Waals surface area contributed by atoms with Gasteiger partial charge in [0, 0.05) is 28.1 Å². The third-order valence-corrected chi connectivity index (χ3v) is 5.94. The summed E-state index contributed by atoms with van der Waals surface area (Å²) in [6, 6.07) is 14.7. The minimum Gasteiger partial charge on any atom is -0.465 e. The van der Waals surface area contributed by atoms with Crippen molar-refractivity contribution in [2.75, 3.05) is 11.9 Å². The zero-order chi connectivity index (χ0) is 20.2. The van der Waals surface area contributed by atoms with Crippen molar-refractivity contribution in [2.45, 2.75) is 23.1 Å². The van der Waals surface area contributed by atoms with E-state index >= 15 is 0 Å². The van der Waals surface area contributed by atoms with Gasteiger partial charge in [0.15, 0.2) is 0 Å². The van der Waals surface area contributed by atoms with Crippen LogP contribution in [-0.2, 0) is 16.1 Å². The van der Waals surface area contributed by atoms with Crippen LogP contribution in [0.4, 0.5) is 5.69 Å². The minimum atomic E-state index is -0.215. The summed E-state index contributed by atoms with van der Waals surface area (Å²) in [5, 5.41) is 7.65. The maximum atomic E-state index is 12.5. The van der Waals surface area contributed by atoms with E-state index in [-0.39, 0.29) is 17.1 Å². The minimum absolute atomic E-state index is 0.166. The largest absolute Gasteiger partial charge is 0.465 e. The number of halogens is 1. The molecule has 1 N–H and O–H groups in total. The summed E-state index contributed by atoms with van der Waals surface area (Å²) in [5.74, 6) is -0.389. The van der Waals surface area contributed by atoms with Crippen LogP contribution < -0.4 is 5.32 Å². The van der Waals surface area contributed by atoms with E-state index in [1.54, 1.807) is 29.2 Å². The first-order valence-corrected chi connectivity index (χ1v) is 10.3. The number of esters is 1. The number of anilines is 1. The number of amides is 1. The van der Waals surface area contributed by atoms with Crippen LogP contribution in [0.1, 0.15) is 22.3 Å². The quantitative estimate of drug-likeness (QED) is 0.595. The van der Waals surface area contributed by atoms with Gasteiger partial charge in [0.2, 0.25) is 0 Å². The molecule has 0 aliphatic carbocycles. The highest BCUT2D eigenvalue weighted by molar-refractivity contribution is 8.00. The van der Waals surface area contributed by atoms with Gasteiger partial charge in [-0.1, -0.05) is 23.7 Å². The molecule has 1 aliphatic rings. The molecule has 1 saturated heterocycles. The Labute approximate surface area is 177 Å². The number of cyclic esters (lactones) is 1. The number of aromatic nitrogens is 2. The van der Waals surface area contributed by atoms with Gasteiger partial charge in [-0.3, -0.25) is 14.3 Å². The van der Waals surface area contributed by atoms with Crippen molar-refractivity contribution in [2.24, 2.45) is 0 Å². The Hall–Kier alpha value is -2.77.